The molecule has 4 nitrogen and oxygen atoms in total. The molecule has 0 spiro atoms. The first-order valence-electron chi connectivity index (χ1n) is 8.15. The van der Waals surface area contributed by atoms with E-state index < -0.39 is 0 Å². The summed E-state index contributed by atoms with van der Waals surface area (Å²) in [7, 11) is 0. The molecule has 0 radical (unpaired) electrons. The van der Waals surface area contributed by atoms with E-state index in [2.05, 4.69) is 12.2 Å². The number of benzene rings is 1. The van der Waals surface area contributed by atoms with E-state index in [-0.39, 0.29) is 10.6 Å². The Bertz CT molecular complexity index is 462. The van der Waals surface area contributed by atoms with Gasteiger partial charge in [0.05, 0.1) is 4.92 Å². The molecule has 2 unspecified atom stereocenters. The van der Waals surface area contributed by atoms with Gasteiger partial charge in [0.15, 0.2) is 0 Å². The minimum atomic E-state index is -0.329. The summed E-state index contributed by atoms with van der Waals surface area (Å²) in [6.07, 6.45) is 9.10. The van der Waals surface area contributed by atoms with Gasteiger partial charge in [-0.2, -0.15) is 0 Å². The maximum absolute atomic E-state index is 10.8. The van der Waals surface area contributed by atoms with E-state index in [1.807, 2.05) is 6.07 Å². The van der Waals surface area contributed by atoms with E-state index in [1.165, 1.54) is 44.9 Å². The molecule has 116 valence electrons. The molecule has 0 amide bonds. The summed E-state index contributed by atoms with van der Waals surface area (Å²) in [5.41, 5.74) is 1.18. The van der Waals surface area contributed by atoms with Crippen LogP contribution in [-0.4, -0.2) is 11.0 Å². The largest absolute Gasteiger partial charge is 0.310 e. The summed E-state index contributed by atoms with van der Waals surface area (Å²) < 4.78 is 0. The molecule has 1 saturated carbocycles. The van der Waals surface area contributed by atoms with Crippen LogP contribution in [0.15, 0.2) is 24.3 Å². The maximum Gasteiger partial charge on any atom is 0.269 e. The molecular formula is C17H26N2O2. The quantitative estimate of drug-likeness (QED) is 0.479. The zero-order valence-electron chi connectivity index (χ0n) is 12.9. The molecule has 0 bridgehead atoms. The fourth-order valence-electron chi connectivity index (χ4n) is 3.32. The van der Waals surface area contributed by atoms with Gasteiger partial charge in [0.2, 0.25) is 0 Å². The van der Waals surface area contributed by atoms with Crippen molar-refractivity contribution in [2.24, 2.45) is 5.92 Å². The van der Waals surface area contributed by atoms with E-state index in [0.717, 1.165) is 18.0 Å². The number of non-ortho nitro benzene ring substituents is 1. The van der Waals surface area contributed by atoms with Crippen molar-refractivity contribution in [1.29, 1.82) is 0 Å². The van der Waals surface area contributed by atoms with Gasteiger partial charge in [0, 0.05) is 24.7 Å². The Morgan fingerprint density at radius 3 is 2.90 bits per heavy atom. The maximum atomic E-state index is 10.8. The molecule has 2 atom stereocenters. The van der Waals surface area contributed by atoms with Gasteiger partial charge < -0.3 is 5.32 Å². The van der Waals surface area contributed by atoms with Crippen LogP contribution < -0.4 is 5.32 Å². The zero-order chi connectivity index (χ0) is 15.1. The number of nitrogens with zero attached hydrogens (tertiary/aromatic N) is 1. The molecular weight excluding hydrogens is 264 g/mol. The Hall–Kier alpha value is -1.42. The minimum Gasteiger partial charge on any atom is -0.310 e. The summed E-state index contributed by atoms with van der Waals surface area (Å²) in [4.78, 5) is 10.5. The molecule has 4 heteroatoms. The first-order chi connectivity index (χ1) is 10.2. The van der Waals surface area contributed by atoms with Crippen molar-refractivity contribution in [3.63, 3.8) is 0 Å². The molecule has 1 aliphatic carbocycles. The van der Waals surface area contributed by atoms with Gasteiger partial charge in [0.1, 0.15) is 0 Å². The van der Waals surface area contributed by atoms with E-state index in [9.17, 15) is 10.1 Å². The van der Waals surface area contributed by atoms with Gasteiger partial charge in [-0.25, -0.2) is 0 Å². The van der Waals surface area contributed by atoms with Gasteiger partial charge in [-0.05, 0) is 30.7 Å². The minimum absolute atomic E-state index is 0.179. The first-order valence-corrected chi connectivity index (χ1v) is 8.15. The zero-order valence-corrected chi connectivity index (χ0v) is 12.9. The van der Waals surface area contributed by atoms with E-state index >= 15 is 0 Å². The van der Waals surface area contributed by atoms with Gasteiger partial charge in [-0.3, -0.25) is 10.1 Å². The lowest BCUT2D eigenvalue weighted by molar-refractivity contribution is -0.384. The van der Waals surface area contributed by atoms with Crippen molar-refractivity contribution in [2.45, 2.75) is 64.5 Å². The fourth-order valence-corrected chi connectivity index (χ4v) is 3.32. The van der Waals surface area contributed by atoms with Crippen molar-refractivity contribution in [1.82, 2.24) is 5.32 Å². The highest BCUT2D eigenvalue weighted by atomic mass is 16.6. The van der Waals surface area contributed by atoms with Crippen LogP contribution in [0, 0.1) is 16.0 Å². The third-order valence-corrected chi connectivity index (χ3v) is 4.50. The smallest absolute Gasteiger partial charge is 0.269 e. The lowest BCUT2D eigenvalue weighted by Crippen LogP contribution is -2.28. The molecule has 21 heavy (non-hydrogen) atoms. The van der Waals surface area contributed by atoms with E-state index in [4.69, 9.17) is 0 Å². The van der Waals surface area contributed by atoms with Gasteiger partial charge in [0.25, 0.3) is 5.69 Å². The van der Waals surface area contributed by atoms with Gasteiger partial charge in [-0.15, -0.1) is 0 Å². The van der Waals surface area contributed by atoms with Crippen molar-refractivity contribution in [3.8, 4) is 0 Å². The SMILES string of the molecule is CCCC1CCCC(NCc2cccc([N+](=O)[O-])c2)CC1. The predicted octanol–water partition coefficient (Wildman–Crippen LogP) is 4.43. The normalized spacial score (nSPS) is 22.7. The van der Waals surface area contributed by atoms with Crippen LogP contribution in [0.3, 0.4) is 0 Å². The molecule has 2 rings (SSSR count). The third-order valence-electron chi connectivity index (χ3n) is 4.50. The molecule has 0 aliphatic heterocycles. The Labute approximate surface area is 127 Å². The number of nitrogens with one attached hydrogen (secondary N) is 1. The Morgan fingerprint density at radius 2 is 2.14 bits per heavy atom. The summed E-state index contributed by atoms with van der Waals surface area (Å²) in [5, 5.41) is 14.4. The molecule has 0 heterocycles. The van der Waals surface area contributed by atoms with Crippen LogP contribution in [0.2, 0.25) is 0 Å². The summed E-state index contributed by atoms with van der Waals surface area (Å²) in [5.74, 6) is 0.902. The number of nitro groups is 1. The van der Waals surface area contributed by atoms with Crippen LogP contribution in [0.4, 0.5) is 5.69 Å². The van der Waals surface area contributed by atoms with Crippen molar-refractivity contribution < 1.29 is 4.92 Å². The summed E-state index contributed by atoms with van der Waals surface area (Å²) in [6.45, 7) is 2.99. The highest BCUT2D eigenvalue weighted by Gasteiger charge is 2.18. The molecule has 1 fully saturated rings. The number of hydrogen-bond acceptors (Lipinski definition) is 3. The highest BCUT2D eigenvalue weighted by Crippen LogP contribution is 2.27. The second-order valence-corrected chi connectivity index (χ2v) is 6.17. The van der Waals surface area contributed by atoms with Crippen LogP contribution in [0.5, 0.6) is 0 Å². The second-order valence-electron chi connectivity index (χ2n) is 6.17. The molecule has 1 aromatic rings. The summed E-state index contributed by atoms with van der Waals surface area (Å²) in [6, 6.07) is 7.50. The second kappa shape index (κ2) is 8.13. The Morgan fingerprint density at radius 1 is 1.29 bits per heavy atom. The summed E-state index contributed by atoms with van der Waals surface area (Å²) >= 11 is 0. The number of rotatable bonds is 6. The Balaban J connectivity index is 1.82. The molecule has 1 N–H and O–H groups in total. The number of nitro benzene ring substituents is 1. The van der Waals surface area contributed by atoms with Crippen molar-refractivity contribution in [2.75, 3.05) is 0 Å². The van der Waals surface area contributed by atoms with Crippen LogP contribution in [0.1, 0.15) is 57.4 Å². The average Bonchev–Trinajstić information content (AvgIpc) is 2.71. The first kappa shape index (κ1) is 16.0. The average molecular weight is 290 g/mol. The molecule has 1 aliphatic rings. The Kier molecular flexibility index (Phi) is 6.18. The van der Waals surface area contributed by atoms with Crippen molar-refractivity contribution >= 4 is 5.69 Å². The van der Waals surface area contributed by atoms with Gasteiger partial charge in [-0.1, -0.05) is 44.7 Å². The molecule has 1 aromatic carbocycles. The fraction of sp³-hybridized carbons (Fsp3) is 0.647. The van der Waals surface area contributed by atoms with Gasteiger partial charge >= 0.3 is 0 Å². The van der Waals surface area contributed by atoms with E-state index in [0.29, 0.717) is 6.04 Å². The number of hydrogen-bond donors (Lipinski definition) is 1. The standard InChI is InChI=1S/C17H26N2O2/c1-2-5-14-6-3-8-16(11-10-14)18-13-15-7-4-9-17(12-15)19(20)21/h4,7,9,12,14,16,18H,2-3,5-6,8,10-11,13H2,1H3. The highest BCUT2D eigenvalue weighted by molar-refractivity contribution is 5.34. The predicted molar refractivity (Wildman–Crippen MR) is 85.2 cm³/mol. The topological polar surface area (TPSA) is 55.2 Å². The molecule has 0 aromatic heterocycles. The van der Waals surface area contributed by atoms with E-state index in [1.54, 1.807) is 18.2 Å². The van der Waals surface area contributed by atoms with Crippen LogP contribution >= 0.6 is 0 Å². The monoisotopic (exact) mass is 290 g/mol. The lowest BCUT2D eigenvalue weighted by atomic mass is 9.95. The third kappa shape index (κ3) is 5.12. The van der Waals surface area contributed by atoms with Crippen LogP contribution in [0.25, 0.3) is 0 Å². The molecule has 0 saturated heterocycles. The van der Waals surface area contributed by atoms with Crippen molar-refractivity contribution in [3.05, 3.63) is 39.9 Å². The lowest BCUT2D eigenvalue weighted by Gasteiger charge is -2.17. The van der Waals surface area contributed by atoms with Crippen LogP contribution in [-0.2, 0) is 6.54 Å².